The van der Waals surface area contributed by atoms with Crippen LogP contribution < -0.4 is 10.6 Å². The Hall–Kier alpha value is -1.62. The summed E-state index contributed by atoms with van der Waals surface area (Å²) in [5.74, 6) is 1.54. The van der Waals surface area contributed by atoms with Gasteiger partial charge in [0, 0.05) is 24.2 Å². The van der Waals surface area contributed by atoms with Crippen molar-refractivity contribution in [1.82, 2.24) is 9.97 Å². The number of nitrogens with one attached hydrogen (secondary N) is 2. The van der Waals surface area contributed by atoms with Gasteiger partial charge in [0.25, 0.3) is 0 Å². The topological polar surface area (TPSA) is 49.8 Å². The van der Waals surface area contributed by atoms with Crippen molar-refractivity contribution in [3.05, 3.63) is 34.7 Å². The first-order valence-electron chi connectivity index (χ1n) is 5.71. The van der Waals surface area contributed by atoms with Gasteiger partial charge in [-0.25, -0.2) is 4.98 Å². The molecule has 2 heterocycles. The van der Waals surface area contributed by atoms with Crippen LogP contribution in [-0.4, -0.2) is 23.1 Å². The molecule has 0 fully saturated rings. The molecule has 2 aromatic rings. The summed E-state index contributed by atoms with van der Waals surface area (Å²) < 4.78 is 0. The van der Waals surface area contributed by atoms with Crippen molar-refractivity contribution in [2.45, 2.75) is 13.3 Å². The second kappa shape index (κ2) is 6.20. The molecule has 0 unspecified atom stereocenters. The first-order chi connectivity index (χ1) is 8.38. The van der Waals surface area contributed by atoms with Gasteiger partial charge in [0.05, 0.1) is 0 Å². The van der Waals surface area contributed by atoms with Gasteiger partial charge in [-0.3, -0.25) is 0 Å². The van der Waals surface area contributed by atoms with E-state index >= 15 is 0 Å². The first-order valence-corrected chi connectivity index (χ1v) is 6.59. The summed E-state index contributed by atoms with van der Waals surface area (Å²) in [5.41, 5.74) is 0. The van der Waals surface area contributed by atoms with E-state index in [0.717, 1.165) is 25.3 Å². The van der Waals surface area contributed by atoms with Crippen molar-refractivity contribution in [3.63, 3.8) is 0 Å². The zero-order valence-corrected chi connectivity index (χ0v) is 10.6. The van der Waals surface area contributed by atoms with Crippen LogP contribution in [0.15, 0.2) is 29.8 Å². The van der Waals surface area contributed by atoms with Gasteiger partial charge in [0.2, 0.25) is 5.95 Å². The predicted molar refractivity (Wildman–Crippen MR) is 72.7 cm³/mol. The van der Waals surface area contributed by atoms with Gasteiger partial charge in [-0.15, -0.1) is 11.3 Å². The Bertz CT molecular complexity index is 442. The van der Waals surface area contributed by atoms with Crippen LogP contribution in [0.2, 0.25) is 0 Å². The van der Waals surface area contributed by atoms with E-state index in [0.29, 0.717) is 5.95 Å². The molecule has 0 aliphatic heterocycles. The third-order valence-corrected chi connectivity index (χ3v) is 3.18. The summed E-state index contributed by atoms with van der Waals surface area (Å²) in [6, 6.07) is 6.11. The van der Waals surface area contributed by atoms with E-state index in [1.165, 1.54) is 4.88 Å². The van der Waals surface area contributed by atoms with E-state index in [-0.39, 0.29) is 0 Å². The van der Waals surface area contributed by atoms with E-state index in [2.05, 4.69) is 38.1 Å². The molecule has 0 saturated heterocycles. The van der Waals surface area contributed by atoms with Gasteiger partial charge in [-0.05, 0) is 30.9 Å². The van der Waals surface area contributed by atoms with E-state index in [9.17, 15) is 0 Å². The second-order valence-electron chi connectivity index (χ2n) is 3.55. The number of anilines is 2. The number of nitrogens with zero attached hydrogens (tertiary/aromatic N) is 2. The molecule has 2 rings (SSSR count). The molecule has 0 amide bonds. The SMILES string of the molecule is CCNc1nccc(NCCc2cccs2)n1. The number of hydrogen-bond donors (Lipinski definition) is 2. The molecule has 0 spiro atoms. The minimum absolute atomic E-state index is 0.675. The third kappa shape index (κ3) is 3.71. The van der Waals surface area contributed by atoms with E-state index in [1.807, 2.05) is 13.0 Å². The molecule has 0 aromatic carbocycles. The summed E-state index contributed by atoms with van der Waals surface area (Å²) in [6.07, 6.45) is 2.79. The molecule has 0 bridgehead atoms. The Labute approximate surface area is 105 Å². The van der Waals surface area contributed by atoms with Crippen molar-refractivity contribution in [1.29, 1.82) is 0 Å². The number of aromatic nitrogens is 2. The van der Waals surface area contributed by atoms with Gasteiger partial charge >= 0.3 is 0 Å². The molecule has 17 heavy (non-hydrogen) atoms. The molecule has 0 radical (unpaired) electrons. The maximum Gasteiger partial charge on any atom is 0.224 e. The number of hydrogen-bond acceptors (Lipinski definition) is 5. The first kappa shape index (κ1) is 11.9. The van der Waals surface area contributed by atoms with Crippen molar-refractivity contribution >= 4 is 23.1 Å². The molecular formula is C12H16N4S. The molecule has 5 heteroatoms. The Balaban J connectivity index is 1.84. The van der Waals surface area contributed by atoms with Crippen molar-refractivity contribution in [2.24, 2.45) is 0 Å². The van der Waals surface area contributed by atoms with E-state index in [1.54, 1.807) is 17.5 Å². The summed E-state index contributed by atoms with van der Waals surface area (Å²) in [6.45, 7) is 3.75. The standard InChI is InChI=1S/C12H16N4S/c1-2-13-12-15-8-6-11(16-12)14-7-5-10-4-3-9-17-10/h3-4,6,8-9H,2,5,7H2,1H3,(H2,13,14,15,16). The molecular weight excluding hydrogens is 232 g/mol. The highest BCUT2D eigenvalue weighted by Gasteiger charge is 1.98. The Morgan fingerprint density at radius 1 is 1.29 bits per heavy atom. The zero-order chi connectivity index (χ0) is 11.9. The maximum atomic E-state index is 4.35. The average molecular weight is 248 g/mol. The largest absolute Gasteiger partial charge is 0.370 e. The van der Waals surface area contributed by atoms with Crippen LogP contribution in [0.1, 0.15) is 11.8 Å². The Kier molecular flexibility index (Phi) is 4.32. The molecule has 90 valence electrons. The zero-order valence-electron chi connectivity index (χ0n) is 9.81. The molecule has 0 aliphatic carbocycles. The molecule has 2 aromatic heterocycles. The summed E-state index contributed by atoms with van der Waals surface area (Å²) in [7, 11) is 0. The lowest BCUT2D eigenvalue weighted by Crippen LogP contribution is -2.08. The van der Waals surface area contributed by atoms with Gasteiger partial charge in [0.15, 0.2) is 0 Å². The summed E-state index contributed by atoms with van der Waals surface area (Å²) in [4.78, 5) is 9.87. The molecule has 0 saturated carbocycles. The van der Waals surface area contributed by atoms with Crippen LogP contribution in [0.3, 0.4) is 0 Å². The minimum Gasteiger partial charge on any atom is -0.370 e. The predicted octanol–water partition coefficient (Wildman–Crippen LogP) is 2.62. The van der Waals surface area contributed by atoms with Crippen molar-refractivity contribution in [2.75, 3.05) is 23.7 Å². The van der Waals surface area contributed by atoms with Crippen LogP contribution in [0.4, 0.5) is 11.8 Å². The van der Waals surface area contributed by atoms with E-state index in [4.69, 9.17) is 0 Å². The Morgan fingerprint density at radius 2 is 2.24 bits per heavy atom. The fourth-order valence-corrected chi connectivity index (χ4v) is 2.18. The van der Waals surface area contributed by atoms with Crippen LogP contribution >= 0.6 is 11.3 Å². The quantitative estimate of drug-likeness (QED) is 0.825. The fourth-order valence-electron chi connectivity index (χ4n) is 1.47. The number of thiophene rings is 1. The highest BCUT2D eigenvalue weighted by atomic mass is 32.1. The van der Waals surface area contributed by atoms with Crippen LogP contribution in [0, 0.1) is 0 Å². The third-order valence-electron chi connectivity index (χ3n) is 2.25. The van der Waals surface area contributed by atoms with Crippen LogP contribution in [-0.2, 0) is 6.42 Å². The van der Waals surface area contributed by atoms with Crippen molar-refractivity contribution in [3.8, 4) is 0 Å². The van der Waals surface area contributed by atoms with Gasteiger partial charge in [-0.2, -0.15) is 4.98 Å². The lowest BCUT2D eigenvalue weighted by molar-refractivity contribution is 1.01. The van der Waals surface area contributed by atoms with Crippen LogP contribution in [0.25, 0.3) is 0 Å². The molecule has 0 aliphatic rings. The molecule has 2 N–H and O–H groups in total. The maximum absolute atomic E-state index is 4.35. The summed E-state index contributed by atoms with van der Waals surface area (Å²) in [5, 5.41) is 8.49. The normalized spacial score (nSPS) is 10.2. The number of rotatable bonds is 6. The smallest absolute Gasteiger partial charge is 0.224 e. The van der Waals surface area contributed by atoms with Crippen molar-refractivity contribution < 1.29 is 0 Å². The highest BCUT2D eigenvalue weighted by Crippen LogP contribution is 2.10. The Morgan fingerprint density at radius 3 is 3.00 bits per heavy atom. The van der Waals surface area contributed by atoms with Gasteiger partial charge in [-0.1, -0.05) is 6.07 Å². The summed E-state index contributed by atoms with van der Waals surface area (Å²) >= 11 is 1.78. The average Bonchev–Trinajstić information content (AvgIpc) is 2.83. The van der Waals surface area contributed by atoms with Gasteiger partial charge < -0.3 is 10.6 Å². The fraction of sp³-hybridized carbons (Fsp3) is 0.333. The van der Waals surface area contributed by atoms with E-state index < -0.39 is 0 Å². The molecule has 0 atom stereocenters. The lowest BCUT2D eigenvalue weighted by atomic mass is 10.3. The molecule has 4 nitrogen and oxygen atoms in total. The van der Waals surface area contributed by atoms with Gasteiger partial charge in [0.1, 0.15) is 5.82 Å². The second-order valence-corrected chi connectivity index (χ2v) is 4.58. The highest BCUT2D eigenvalue weighted by molar-refractivity contribution is 7.09. The minimum atomic E-state index is 0.675. The monoisotopic (exact) mass is 248 g/mol. The van der Waals surface area contributed by atoms with Crippen LogP contribution in [0.5, 0.6) is 0 Å². The lowest BCUT2D eigenvalue weighted by Gasteiger charge is -2.06.